The fourth-order valence-electron chi connectivity index (χ4n) is 3.38. The quantitative estimate of drug-likeness (QED) is 0.664. The van der Waals surface area contributed by atoms with Crippen molar-refractivity contribution in [2.75, 3.05) is 18.4 Å². The van der Waals surface area contributed by atoms with Gasteiger partial charge in [-0.05, 0) is 51.2 Å². The smallest absolute Gasteiger partial charge is 0.410 e. The number of hydrogen-bond donors (Lipinski definition) is 1. The molecule has 0 radical (unpaired) electrons. The van der Waals surface area contributed by atoms with Crippen molar-refractivity contribution in [1.29, 1.82) is 0 Å². The molecule has 0 aromatic heterocycles. The number of amides is 1. The average Bonchev–Trinajstić information content (AvgIpc) is 3.17. The highest BCUT2D eigenvalue weighted by molar-refractivity contribution is 5.70. The van der Waals surface area contributed by atoms with Crippen LogP contribution in [0.4, 0.5) is 20.6 Å². The molecule has 136 valence electrons. The predicted octanol–water partition coefficient (Wildman–Crippen LogP) is 3.40. The Morgan fingerprint density at radius 3 is 2.84 bits per heavy atom. The SMILES string of the molecule is CC(C)(C)OC(=O)N1C[C@@H]2C[C@@H]2[C@H]1CNc1ccc(F)cc1[N+](=O)[O-]. The normalized spacial score (nSPS) is 24.6. The molecule has 8 heteroatoms. The Bertz CT molecular complexity index is 704. The van der Waals surface area contributed by atoms with Gasteiger partial charge in [-0.1, -0.05) is 0 Å². The first kappa shape index (κ1) is 17.4. The van der Waals surface area contributed by atoms with E-state index in [0.717, 1.165) is 12.5 Å². The van der Waals surface area contributed by atoms with Crippen LogP contribution in [-0.2, 0) is 4.74 Å². The molecule has 25 heavy (non-hydrogen) atoms. The molecule has 2 aliphatic rings. The van der Waals surface area contributed by atoms with E-state index in [1.807, 2.05) is 20.8 Å². The van der Waals surface area contributed by atoms with Crippen LogP contribution < -0.4 is 5.32 Å². The van der Waals surface area contributed by atoms with Crippen LogP contribution in [0.15, 0.2) is 18.2 Å². The van der Waals surface area contributed by atoms with Crippen molar-refractivity contribution in [2.45, 2.75) is 38.8 Å². The summed E-state index contributed by atoms with van der Waals surface area (Å²) in [6.45, 7) is 6.47. The van der Waals surface area contributed by atoms with Gasteiger partial charge in [0.05, 0.1) is 17.0 Å². The topological polar surface area (TPSA) is 84.7 Å². The third-order valence-electron chi connectivity index (χ3n) is 4.59. The molecule has 0 bridgehead atoms. The van der Waals surface area contributed by atoms with Gasteiger partial charge in [0.15, 0.2) is 0 Å². The maximum atomic E-state index is 13.2. The van der Waals surface area contributed by atoms with Gasteiger partial charge in [0.2, 0.25) is 0 Å². The Kier molecular flexibility index (Phi) is 4.30. The minimum absolute atomic E-state index is 0.0792. The number of hydrogen-bond acceptors (Lipinski definition) is 5. The van der Waals surface area contributed by atoms with Gasteiger partial charge in [-0.3, -0.25) is 10.1 Å². The summed E-state index contributed by atoms with van der Waals surface area (Å²) in [6, 6.07) is 3.34. The van der Waals surface area contributed by atoms with Crippen molar-refractivity contribution in [3.8, 4) is 0 Å². The highest BCUT2D eigenvalue weighted by atomic mass is 19.1. The number of likely N-dealkylation sites (tertiary alicyclic amines) is 1. The fourth-order valence-corrected chi connectivity index (χ4v) is 3.38. The minimum atomic E-state index is -0.657. The average molecular weight is 351 g/mol. The summed E-state index contributed by atoms with van der Waals surface area (Å²) in [5.41, 5.74) is -0.633. The third-order valence-corrected chi connectivity index (χ3v) is 4.59. The highest BCUT2D eigenvalue weighted by Crippen LogP contribution is 2.49. The summed E-state index contributed by atoms with van der Waals surface area (Å²) in [7, 11) is 0. The van der Waals surface area contributed by atoms with E-state index < -0.39 is 16.3 Å². The van der Waals surface area contributed by atoms with Gasteiger partial charge >= 0.3 is 6.09 Å². The lowest BCUT2D eigenvalue weighted by atomic mass is 10.1. The Morgan fingerprint density at radius 2 is 2.20 bits per heavy atom. The summed E-state index contributed by atoms with van der Waals surface area (Å²) in [4.78, 5) is 24.6. The van der Waals surface area contributed by atoms with Gasteiger partial charge in [0.1, 0.15) is 17.1 Å². The van der Waals surface area contributed by atoms with Crippen LogP contribution in [0, 0.1) is 27.8 Å². The van der Waals surface area contributed by atoms with Gasteiger partial charge < -0.3 is 15.0 Å². The van der Waals surface area contributed by atoms with E-state index in [0.29, 0.717) is 24.9 Å². The van der Waals surface area contributed by atoms with Gasteiger partial charge in [-0.15, -0.1) is 0 Å². The Morgan fingerprint density at radius 1 is 1.48 bits per heavy atom. The lowest BCUT2D eigenvalue weighted by Gasteiger charge is -2.30. The van der Waals surface area contributed by atoms with Crippen LogP contribution in [0.5, 0.6) is 0 Å². The van der Waals surface area contributed by atoms with Gasteiger partial charge in [0.25, 0.3) is 5.69 Å². The summed E-state index contributed by atoms with van der Waals surface area (Å²) in [5, 5.41) is 14.1. The largest absolute Gasteiger partial charge is 0.444 e. The zero-order chi connectivity index (χ0) is 18.4. The molecule has 1 aromatic carbocycles. The molecule has 2 fully saturated rings. The first-order valence-corrected chi connectivity index (χ1v) is 8.33. The van der Waals surface area contributed by atoms with Gasteiger partial charge in [0, 0.05) is 13.1 Å². The van der Waals surface area contributed by atoms with Crippen LogP contribution in [0.25, 0.3) is 0 Å². The number of ether oxygens (including phenoxy) is 1. The van der Waals surface area contributed by atoms with Crippen LogP contribution in [-0.4, -0.2) is 40.6 Å². The summed E-state index contributed by atoms with van der Waals surface area (Å²) in [6.07, 6.45) is 0.692. The molecule has 1 aliphatic carbocycles. The summed E-state index contributed by atoms with van der Waals surface area (Å²) in [5.74, 6) is 0.206. The predicted molar refractivity (Wildman–Crippen MR) is 89.9 cm³/mol. The second kappa shape index (κ2) is 6.16. The zero-order valence-electron chi connectivity index (χ0n) is 14.5. The molecule has 1 aliphatic heterocycles. The van der Waals surface area contributed by atoms with E-state index in [-0.39, 0.29) is 23.5 Å². The molecule has 3 rings (SSSR count). The molecule has 0 spiro atoms. The van der Waals surface area contributed by atoms with Crippen LogP contribution >= 0.6 is 0 Å². The lowest BCUT2D eigenvalue weighted by molar-refractivity contribution is -0.384. The number of nitrogens with one attached hydrogen (secondary N) is 1. The molecule has 1 aromatic rings. The number of piperidine rings is 1. The Hall–Kier alpha value is -2.38. The number of fused-ring (bicyclic) bond motifs is 1. The molecule has 1 saturated heterocycles. The van der Waals surface area contributed by atoms with Crippen molar-refractivity contribution in [3.63, 3.8) is 0 Å². The van der Waals surface area contributed by atoms with Gasteiger partial charge in [-0.25, -0.2) is 9.18 Å². The number of anilines is 1. The molecule has 1 amide bonds. The van der Waals surface area contributed by atoms with E-state index in [9.17, 15) is 19.3 Å². The number of halogens is 1. The Labute approximate surface area is 145 Å². The number of carbonyl (C=O) groups excluding carboxylic acids is 1. The second-order valence-electron chi connectivity index (χ2n) is 7.66. The number of nitrogens with zero attached hydrogens (tertiary/aromatic N) is 2. The maximum absolute atomic E-state index is 13.2. The van der Waals surface area contributed by atoms with Crippen molar-refractivity contribution in [2.24, 2.45) is 11.8 Å². The fraction of sp³-hybridized carbons (Fsp3) is 0.588. The van der Waals surface area contributed by atoms with E-state index in [1.165, 1.54) is 12.1 Å². The maximum Gasteiger partial charge on any atom is 0.410 e. The van der Waals surface area contributed by atoms with Crippen molar-refractivity contribution >= 4 is 17.5 Å². The van der Waals surface area contributed by atoms with Crippen molar-refractivity contribution < 1.29 is 18.8 Å². The second-order valence-corrected chi connectivity index (χ2v) is 7.66. The van der Waals surface area contributed by atoms with Gasteiger partial charge in [-0.2, -0.15) is 0 Å². The van der Waals surface area contributed by atoms with Crippen LogP contribution in [0.2, 0.25) is 0 Å². The Balaban J connectivity index is 1.70. The van der Waals surface area contributed by atoms with Crippen molar-refractivity contribution in [1.82, 2.24) is 4.90 Å². The first-order chi connectivity index (χ1) is 11.7. The number of nitro benzene ring substituents is 1. The van der Waals surface area contributed by atoms with Crippen LogP contribution in [0.3, 0.4) is 0 Å². The minimum Gasteiger partial charge on any atom is -0.444 e. The highest BCUT2D eigenvalue weighted by Gasteiger charge is 2.54. The van der Waals surface area contributed by atoms with Crippen LogP contribution in [0.1, 0.15) is 27.2 Å². The monoisotopic (exact) mass is 351 g/mol. The molecule has 7 nitrogen and oxygen atoms in total. The molecule has 0 unspecified atom stereocenters. The number of rotatable bonds is 4. The lowest BCUT2D eigenvalue weighted by Crippen LogP contribution is -2.44. The molecule has 1 saturated carbocycles. The van der Waals surface area contributed by atoms with E-state index in [1.54, 1.807) is 4.90 Å². The molecule has 3 atom stereocenters. The van der Waals surface area contributed by atoms with E-state index in [4.69, 9.17) is 4.74 Å². The number of nitro groups is 1. The molecule has 1 N–H and O–H groups in total. The standard InChI is InChI=1S/C17H22FN3O4/c1-17(2,3)25-16(22)20-9-10-6-12(10)15(20)8-19-13-5-4-11(18)7-14(13)21(23)24/h4-5,7,10,12,15,19H,6,8-9H2,1-3H3/t10-,12-,15+/m0/s1. The zero-order valence-corrected chi connectivity index (χ0v) is 14.5. The summed E-state index contributed by atoms with van der Waals surface area (Å²) >= 11 is 0. The van der Waals surface area contributed by atoms with E-state index >= 15 is 0 Å². The van der Waals surface area contributed by atoms with Crippen molar-refractivity contribution in [3.05, 3.63) is 34.1 Å². The first-order valence-electron chi connectivity index (χ1n) is 8.33. The molecule has 1 heterocycles. The third kappa shape index (κ3) is 3.83. The summed E-state index contributed by atoms with van der Waals surface area (Å²) < 4.78 is 18.7. The molecular weight excluding hydrogens is 329 g/mol. The molecular formula is C17H22FN3O4. The number of carbonyl (C=O) groups is 1. The number of benzene rings is 1. The van der Waals surface area contributed by atoms with E-state index in [2.05, 4.69) is 5.32 Å².